The van der Waals surface area contributed by atoms with Crippen LogP contribution in [0.2, 0.25) is 0 Å². The second-order valence-corrected chi connectivity index (χ2v) is 4.99. The Labute approximate surface area is 96.1 Å². The molecule has 0 aromatic rings. The number of carbonyl (C=O) groups is 2. The van der Waals surface area contributed by atoms with E-state index in [1.165, 1.54) is 0 Å². The summed E-state index contributed by atoms with van der Waals surface area (Å²) in [4.78, 5) is 24.5. The molecular formula is C11H20N2O3. The number of nitrogens with one attached hydrogen (secondary N) is 1. The lowest BCUT2D eigenvalue weighted by Crippen LogP contribution is -2.54. The number of amides is 2. The van der Waals surface area contributed by atoms with Crippen molar-refractivity contribution in [2.45, 2.75) is 45.3 Å². The first-order chi connectivity index (χ1) is 7.33. The molecule has 0 aromatic carbocycles. The molecule has 0 aliphatic carbocycles. The van der Waals surface area contributed by atoms with Crippen LogP contribution in [0.5, 0.6) is 0 Å². The third kappa shape index (κ3) is 3.40. The minimum absolute atomic E-state index is 0.00481. The molecule has 1 atom stereocenters. The van der Waals surface area contributed by atoms with E-state index in [0.29, 0.717) is 13.0 Å². The lowest BCUT2D eigenvalue weighted by molar-refractivity contribution is -0.122. The van der Waals surface area contributed by atoms with Crippen molar-refractivity contribution in [3.63, 3.8) is 0 Å². The van der Waals surface area contributed by atoms with Gasteiger partial charge in [0.05, 0.1) is 0 Å². The molecule has 0 bridgehead atoms. The molecule has 92 valence electrons. The highest BCUT2D eigenvalue weighted by Gasteiger charge is 2.36. The molecule has 5 nitrogen and oxygen atoms in total. The number of ether oxygens (including phenoxy) is 1. The van der Waals surface area contributed by atoms with Gasteiger partial charge >= 0.3 is 6.09 Å². The van der Waals surface area contributed by atoms with E-state index in [1.54, 1.807) is 11.9 Å². The molecule has 1 N–H and O–H groups in total. The Morgan fingerprint density at radius 3 is 2.44 bits per heavy atom. The third-order valence-electron chi connectivity index (χ3n) is 2.47. The average molecular weight is 228 g/mol. The monoisotopic (exact) mass is 228 g/mol. The summed E-state index contributed by atoms with van der Waals surface area (Å²) in [6.07, 6.45) is 0.898. The van der Waals surface area contributed by atoms with Gasteiger partial charge in [0, 0.05) is 26.1 Å². The maximum Gasteiger partial charge on any atom is 0.410 e. The highest BCUT2D eigenvalue weighted by atomic mass is 16.6. The van der Waals surface area contributed by atoms with E-state index in [-0.39, 0.29) is 18.0 Å². The van der Waals surface area contributed by atoms with Crippen LogP contribution >= 0.6 is 0 Å². The molecule has 1 heterocycles. The Bertz CT molecular complexity index is 283. The van der Waals surface area contributed by atoms with E-state index in [1.807, 2.05) is 20.8 Å². The van der Waals surface area contributed by atoms with Crippen LogP contribution in [0.15, 0.2) is 0 Å². The quantitative estimate of drug-likeness (QED) is 0.770. The highest BCUT2D eigenvalue weighted by molar-refractivity contribution is 5.78. The van der Waals surface area contributed by atoms with E-state index in [0.717, 1.165) is 6.42 Å². The number of hydrogen-bond acceptors (Lipinski definition) is 3. The van der Waals surface area contributed by atoms with Crippen molar-refractivity contribution < 1.29 is 14.3 Å². The van der Waals surface area contributed by atoms with Crippen LogP contribution in [0, 0.1) is 0 Å². The fourth-order valence-electron chi connectivity index (χ4n) is 1.53. The summed E-state index contributed by atoms with van der Waals surface area (Å²) in [7, 11) is 1.60. The molecule has 16 heavy (non-hydrogen) atoms. The van der Waals surface area contributed by atoms with Crippen molar-refractivity contribution in [1.29, 1.82) is 0 Å². The SMILES string of the molecule is CNC(=O)CC1CCN1C(=O)OC(C)(C)C. The first-order valence-electron chi connectivity index (χ1n) is 5.53. The maximum absolute atomic E-state index is 11.7. The normalized spacial score (nSPS) is 20.0. The van der Waals surface area contributed by atoms with Crippen LogP contribution in [0.1, 0.15) is 33.6 Å². The summed E-state index contributed by atoms with van der Waals surface area (Å²) in [6.45, 7) is 6.17. The van der Waals surface area contributed by atoms with Gasteiger partial charge < -0.3 is 15.0 Å². The van der Waals surface area contributed by atoms with Crippen LogP contribution < -0.4 is 5.32 Å². The van der Waals surface area contributed by atoms with Crippen LogP contribution in [-0.4, -0.2) is 42.1 Å². The molecule has 0 radical (unpaired) electrons. The Balaban J connectivity index is 2.43. The van der Waals surface area contributed by atoms with Crippen molar-refractivity contribution in [3.8, 4) is 0 Å². The predicted molar refractivity (Wildman–Crippen MR) is 60.0 cm³/mol. The molecule has 0 saturated carbocycles. The van der Waals surface area contributed by atoms with Crippen LogP contribution in [0.3, 0.4) is 0 Å². The van der Waals surface area contributed by atoms with E-state index in [2.05, 4.69) is 5.32 Å². The molecule has 1 aliphatic heterocycles. The van der Waals surface area contributed by atoms with Gasteiger partial charge in [-0.15, -0.1) is 0 Å². The number of carbonyl (C=O) groups excluding carboxylic acids is 2. The summed E-state index contributed by atoms with van der Waals surface area (Å²) >= 11 is 0. The second kappa shape index (κ2) is 4.72. The van der Waals surface area contributed by atoms with Crippen LogP contribution in [0.4, 0.5) is 4.79 Å². The zero-order valence-corrected chi connectivity index (χ0v) is 10.4. The average Bonchev–Trinajstić information content (AvgIpc) is 2.08. The van der Waals surface area contributed by atoms with Gasteiger partial charge in [0.1, 0.15) is 5.60 Å². The Kier molecular flexibility index (Phi) is 3.78. The smallest absolute Gasteiger partial charge is 0.410 e. The van der Waals surface area contributed by atoms with Gasteiger partial charge in [0.25, 0.3) is 0 Å². The fraction of sp³-hybridized carbons (Fsp3) is 0.818. The lowest BCUT2D eigenvalue weighted by Gasteiger charge is -2.41. The van der Waals surface area contributed by atoms with Gasteiger partial charge in [0.15, 0.2) is 0 Å². The summed E-state index contributed by atoms with van der Waals surface area (Å²) < 4.78 is 5.24. The Hall–Kier alpha value is -1.26. The first kappa shape index (κ1) is 12.8. The molecular weight excluding hydrogens is 208 g/mol. The second-order valence-electron chi connectivity index (χ2n) is 4.99. The summed E-state index contributed by atoms with van der Waals surface area (Å²) in [5.74, 6) is -0.0433. The largest absolute Gasteiger partial charge is 0.444 e. The van der Waals surface area contributed by atoms with Gasteiger partial charge in [-0.1, -0.05) is 0 Å². The van der Waals surface area contributed by atoms with Crippen molar-refractivity contribution in [2.75, 3.05) is 13.6 Å². The molecule has 0 spiro atoms. The molecule has 1 unspecified atom stereocenters. The summed E-state index contributed by atoms with van der Waals surface area (Å²) in [5.41, 5.74) is -0.482. The molecule has 1 rings (SSSR count). The maximum atomic E-state index is 11.7. The van der Waals surface area contributed by atoms with Crippen LogP contribution in [-0.2, 0) is 9.53 Å². The van der Waals surface area contributed by atoms with Crippen molar-refractivity contribution in [3.05, 3.63) is 0 Å². The molecule has 5 heteroatoms. The van der Waals surface area contributed by atoms with Gasteiger partial charge in [-0.25, -0.2) is 4.79 Å². The minimum atomic E-state index is -0.482. The first-order valence-corrected chi connectivity index (χ1v) is 5.53. The third-order valence-corrected chi connectivity index (χ3v) is 2.47. The number of rotatable bonds is 2. The molecule has 2 amide bonds. The van der Waals surface area contributed by atoms with Crippen molar-refractivity contribution in [2.24, 2.45) is 0 Å². The standard InChI is InChI=1S/C11H20N2O3/c1-11(2,3)16-10(15)13-6-5-8(13)7-9(14)12-4/h8H,5-7H2,1-4H3,(H,12,14). The number of likely N-dealkylation sites (tertiary alicyclic amines) is 1. The lowest BCUT2D eigenvalue weighted by atomic mass is 10.00. The molecule has 0 aromatic heterocycles. The molecule has 1 aliphatic rings. The van der Waals surface area contributed by atoms with Gasteiger partial charge in [-0.2, -0.15) is 0 Å². The predicted octanol–water partition coefficient (Wildman–Crippen LogP) is 1.13. The van der Waals surface area contributed by atoms with E-state index in [4.69, 9.17) is 4.74 Å². The van der Waals surface area contributed by atoms with Crippen molar-refractivity contribution in [1.82, 2.24) is 10.2 Å². The highest BCUT2D eigenvalue weighted by Crippen LogP contribution is 2.23. The zero-order valence-electron chi connectivity index (χ0n) is 10.4. The van der Waals surface area contributed by atoms with Gasteiger partial charge in [0.2, 0.25) is 5.91 Å². The molecule has 1 saturated heterocycles. The van der Waals surface area contributed by atoms with Gasteiger partial charge in [-0.05, 0) is 27.2 Å². The zero-order chi connectivity index (χ0) is 12.3. The fourth-order valence-corrected chi connectivity index (χ4v) is 1.53. The number of hydrogen-bond donors (Lipinski definition) is 1. The topological polar surface area (TPSA) is 58.6 Å². The Morgan fingerprint density at radius 1 is 1.44 bits per heavy atom. The Morgan fingerprint density at radius 2 is 2.06 bits per heavy atom. The van der Waals surface area contributed by atoms with Gasteiger partial charge in [-0.3, -0.25) is 4.79 Å². The molecule has 1 fully saturated rings. The van der Waals surface area contributed by atoms with E-state index < -0.39 is 5.60 Å². The minimum Gasteiger partial charge on any atom is -0.444 e. The van der Waals surface area contributed by atoms with E-state index in [9.17, 15) is 9.59 Å². The van der Waals surface area contributed by atoms with E-state index >= 15 is 0 Å². The summed E-state index contributed by atoms with van der Waals surface area (Å²) in [5, 5.41) is 2.55. The summed E-state index contributed by atoms with van der Waals surface area (Å²) in [6, 6.07) is -0.00481. The van der Waals surface area contributed by atoms with Crippen molar-refractivity contribution >= 4 is 12.0 Å². The van der Waals surface area contributed by atoms with Crippen LogP contribution in [0.25, 0.3) is 0 Å². The number of nitrogens with zero attached hydrogens (tertiary/aromatic N) is 1.